The Labute approximate surface area is 125 Å². The van der Waals surface area contributed by atoms with Gasteiger partial charge in [-0.25, -0.2) is 18.4 Å². The van der Waals surface area contributed by atoms with Crippen LogP contribution in [0.4, 0.5) is 19.3 Å². The lowest BCUT2D eigenvalue weighted by atomic mass is 10.1. The van der Waals surface area contributed by atoms with Crippen molar-refractivity contribution in [2.75, 3.05) is 18.1 Å². The Morgan fingerprint density at radius 3 is 2.38 bits per heavy atom. The number of benzene rings is 1. The summed E-state index contributed by atoms with van der Waals surface area (Å²) < 4.78 is 26.0. The van der Waals surface area contributed by atoms with Crippen molar-refractivity contribution in [2.45, 2.75) is 18.6 Å². The number of hydrogen-bond acceptors (Lipinski definition) is 3. The second-order valence-corrected chi connectivity index (χ2v) is 6.40. The van der Waals surface area contributed by atoms with Gasteiger partial charge in [0, 0.05) is 17.4 Å². The molecule has 0 bridgehead atoms. The Balaban J connectivity index is 2.85. The van der Waals surface area contributed by atoms with Crippen LogP contribution in [0, 0.1) is 11.6 Å². The van der Waals surface area contributed by atoms with Crippen LogP contribution in [0.25, 0.3) is 0 Å². The minimum atomic E-state index is -1.46. The van der Waals surface area contributed by atoms with Crippen molar-refractivity contribution >= 4 is 29.4 Å². The van der Waals surface area contributed by atoms with Gasteiger partial charge in [-0.3, -0.25) is 0 Å². The van der Waals surface area contributed by atoms with Crippen LogP contribution >= 0.6 is 11.8 Å². The number of carbonyl (C=O) groups is 2. The van der Waals surface area contributed by atoms with Gasteiger partial charge in [-0.2, -0.15) is 11.8 Å². The maximum absolute atomic E-state index is 13.2. The lowest BCUT2D eigenvalue weighted by Gasteiger charge is -2.22. The van der Waals surface area contributed by atoms with Crippen LogP contribution in [0.5, 0.6) is 0 Å². The highest BCUT2D eigenvalue weighted by molar-refractivity contribution is 7.99. The second kappa shape index (κ2) is 6.75. The zero-order chi connectivity index (χ0) is 16.2. The number of thioether (sulfide) groups is 1. The van der Waals surface area contributed by atoms with Crippen LogP contribution in [-0.2, 0) is 0 Å². The third kappa shape index (κ3) is 4.89. The molecule has 2 amide bonds. The van der Waals surface area contributed by atoms with Crippen molar-refractivity contribution in [2.24, 2.45) is 0 Å². The molecule has 21 heavy (non-hydrogen) atoms. The molecule has 1 rings (SSSR count). The standard InChI is InChI=1S/C13H16F2N2O3S/c1-13(2,21-3)6-16-12(20)17-10-5-9(15)8(14)4-7(10)11(18)19/h4-5H,6H2,1-3H3,(H,18,19)(H2,16,17,20). The number of aromatic carboxylic acids is 1. The fraction of sp³-hybridized carbons (Fsp3) is 0.385. The van der Waals surface area contributed by atoms with Crippen LogP contribution in [0.3, 0.4) is 0 Å². The van der Waals surface area contributed by atoms with Gasteiger partial charge in [0.15, 0.2) is 11.6 Å². The van der Waals surface area contributed by atoms with E-state index >= 15 is 0 Å². The van der Waals surface area contributed by atoms with Crippen molar-refractivity contribution in [1.82, 2.24) is 5.32 Å². The van der Waals surface area contributed by atoms with Gasteiger partial charge in [0.1, 0.15) is 0 Å². The van der Waals surface area contributed by atoms with E-state index in [-0.39, 0.29) is 10.4 Å². The molecule has 0 radical (unpaired) electrons. The molecule has 1 aromatic carbocycles. The van der Waals surface area contributed by atoms with Gasteiger partial charge in [0.2, 0.25) is 0 Å². The molecule has 0 unspecified atom stereocenters. The van der Waals surface area contributed by atoms with Crippen molar-refractivity contribution in [3.8, 4) is 0 Å². The number of rotatable bonds is 5. The SMILES string of the molecule is CSC(C)(C)CNC(=O)Nc1cc(F)c(F)cc1C(=O)O. The fourth-order valence-electron chi connectivity index (χ4n) is 1.36. The maximum atomic E-state index is 13.2. The van der Waals surface area contributed by atoms with E-state index in [1.165, 1.54) is 0 Å². The molecule has 0 aromatic heterocycles. The summed E-state index contributed by atoms with van der Waals surface area (Å²) in [6, 6.07) is 0.475. The lowest BCUT2D eigenvalue weighted by Crippen LogP contribution is -2.38. The number of carboxylic acid groups (broad SMARTS) is 1. The van der Waals surface area contributed by atoms with E-state index in [9.17, 15) is 18.4 Å². The molecule has 0 saturated heterocycles. The zero-order valence-corrected chi connectivity index (χ0v) is 12.6. The van der Waals surface area contributed by atoms with Gasteiger partial charge in [-0.05, 0) is 26.2 Å². The van der Waals surface area contributed by atoms with E-state index in [2.05, 4.69) is 10.6 Å². The Bertz CT molecular complexity index is 565. The lowest BCUT2D eigenvalue weighted by molar-refractivity contribution is 0.0697. The molecule has 3 N–H and O–H groups in total. The first-order valence-corrected chi connectivity index (χ1v) is 7.21. The molecule has 116 valence electrons. The Hall–Kier alpha value is -1.83. The monoisotopic (exact) mass is 318 g/mol. The molecule has 0 saturated carbocycles. The first-order valence-electron chi connectivity index (χ1n) is 5.98. The quantitative estimate of drug-likeness (QED) is 0.780. The second-order valence-electron chi connectivity index (χ2n) is 4.89. The van der Waals surface area contributed by atoms with Crippen molar-refractivity contribution < 1.29 is 23.5 Å². The van der Waals surface area contributed by atoms with Crippen LogP contribution in [0.1, 0.15) is 24.2 Å². The number of nitrogens with one attached hydrogen (secondary N) is 2. The molecule has 0 heterocycles. The highest BCUT2D eigenvalue weighted by Crippen LogP contribution is 2.21. The van der Waals surface area contributed by atoms with Gasteiger partial charge in [0.05, 0.1) is 11.3 Å². The number of halogens is 2. The predicted molar refractivity (Wildman–Crippen MR) is 77.9 cm³/mol. The van der Waals surface area contributed by atoms with Crippen molar-refractivity contribution in [3.63, 3.8) is 0 Å². The number of anilines is 1. The summed E-state index contributed by atoms with van der Waals surface area (Å²) in [6.45, 7) is 4.16. The van der Waals surface area contributed by atoms with Crippen LogP contribution in [0.15, 0.2) is 12.1 Å². The zero-order valence-electron chi connectivity index (χ0n) is 11.8. The Morgan fingerprint density at radius 1 is 1.29 bits per heavy atom. The molecule has 0 fully saturated rings. The number of hydrogen-bond donors (Lipinski definition) is 3. The maximum Gasteiger partial charge on any atom is 0.337 e. The van der Waals surface area contributed by atoms with Crippen molar-refractivity contribution in [3.05, 3.63) is 29.3 Å². The first-order chi connectivity index (χ1) is 9.66. The normalized spacial score (nSPS) is 11.1. The molecular weight excluding hydrogens is 302 g/mol. The molecule has 0 aliphatic carbocycles. The van der Waals surface area contributed by atoms with E-state index in [1.807, 2.05) is 20.1 Å². The Morgan fingerprint density at radius 2 is 1.86 bits per heavy atom. The van der Waals surface area contributed by atoms with Gasteiger partial charge < -0.3 is 15.7 Å². The predicted octanol–water partition coefficient (Wildman–Crippen LogP) is 2.93. The third-order valence-electron chi connectivity index (χ3n) is 2.77. The number of amides is 2. The molecule has 0 aliphatic rings. The van der Waals surface area contributed by atoms with Gasteiger partial charge in [-0.1, -0.05) is 0 Å². The summed E-state index contributed by atoms with van der Waals surface area (Å²) in [6.07, 6.45) is 1.89. The van der Waals surface area contributed by atoms with E-state index in [1.54, 1.807) is 11.8 Å². The summed E-state index contributed by atoms with van der Waals surface area (Å²) in [5.41, 5.74) is -0.825. The fourth-order valence-corrected chi connectivity index (χ4v) is 1.58. The molecule has 1 aromatic rings. The highest BCUT2D eigenvalue weighted by atomic mass is 32.2. The topological polar surface area (TPSA) is 78.4 Å². The van der Waals surface area contributed by atoms with Gasteiger partial charge in [0.25, 0.3) is 0 Å². The van der Waals surface area contributed by atoms with Crippen LogP contribution in [0.2, 0.25) is 0 Å². The third-order valence-corrected chi connectivity index (χ3v) is 4.02. The molecule has 0 atom stereocenters. The van der Waals surface area contributed by atoms with Crippen LogP contribution < -0.4 is 10.6 Å². The number of urea groups is 1. The minimum absolute atomic E-state index is 0.207. The molecule has 5 nitrogen and oxygen atoms in total. The van der Waals surface area contributed by atoms with Crippen molar-refractivity contribution in [1.29, 1.82) is 0 Å². The summed E-state index contributed by atoms with van der Waals surface area (Å²) >= 11 is 1.54. The minimum Gasteiger partial charge on any atom is -0.478 e. The first kappa shape index (κ1) is 17.2. The molecule has 0 aliphatic heterocycles. The summed E-state index contributed by atoms with van der Waals surface area (Å²) in [7, 11) is 0. The number of carboxylic acids is 1. The smallest absolute Gasteiger partial charge is 0.337 e. The number of carbonyl (C=O) groups excluding carboxylic acids is 1. The molecule has 8 heteroatoms. The van der Waals surface area contributed by atoms with Crippen LogP contribution in [-0.4, -0.2) is 34.7 Å². The highest BCUT2D eigenvalue weighted by Gasteiger charge is 2.19. The summed E-state index contributed by atoms with van der Waals surface area (Å²) in [5, 5.41) is 13.7. The average Bonchev–Trinajstić information content (AvgIpc) is 2.40. The average molecular weight is 318 g/mol. The van der Waals surface area contributed by atoms with E-state index in [0.717, 1.165) is 0 Å². The van der Waals surface area contributed by atoms with E-state index < -0.39 is 29.2 Å². The molecular formula is C13H16F2N2O3S. The van der Waals surface area contributed by atoms with Gasteiger partial charge >= 0.3 is 12.0 Å². The van der Waals surface area contributed by atoms with E-state index in [0.29, 0.717) is 18.7 Å². The largest absolute Gasteiger partial charge is 0.478 e. The summed E-state index contributed by atoms with van der Waals surface area (Å²) in [4.78, 5) is 22.7. The van der Waals surface area contributed by atoms with E-state index in [4.69, 9.17) is 5.11 Å². The Kier molecular flexibility index (Phi) is 5.54. The van der Waals surface area contributed by atoms with Gasteiger partial charge in [-0.15, -0.1) is 0 Å². The summed E-state index contributed by atoms with van der Waals surface area (Å²) in [5.74, 6) is -3.99. The molecule has 0 spiro atoms.